The van der Waals surface area contributed by atoms with Crippen LogP contribution in [0.4, 0.5) is 0 Å². The fourth-order valence-corrected chi connectivity index (χ4v) is 3.34. The Morgan fingerprint density at radius 3 is 1.79 bits per heavy atom. The summed E-state index contributed by atoms with van der Waals surface area (Å²) < 4.78 is 32.7. The quantitative estimate of drug-likeness (QED) is 0.290. The Morgan fingerprint density at radius 1 is 0.765 bits per heavy atom. The maximum absolute atomic E-state index is 11.9. The molecule has 0 bridgehead atoms. The molecule has 0 spiro atoms. The van der Waals surface area contributed by atoms with Crippen LogP contribution in [0.15, 0.2) is 24.3 Å². The summed E-state index contributed by atoms with van der Waals surface area (Å²) in [5, 5.41) is 0. The normalized spacial score (nSPS) is 23.9. The number of ketones is 1. The molecule has 1 saturated heterocycles. The summed E-state index contributed by atoms with van der Waals surface area (Å²) in [6, 6.07) is 6.17. The first-order valence-corrected chi connectivity index (χ1v) is 10.6. The SMILES string of the molecule is CCC(=O)c1ccc(O[C@@H]2O[C@H](COC(C)=O)[C@@H](OC(C)=O)[C@H](OC(C)=O)[C@H]2OC(C)=O)cc1. The summed E-state index contributed by atoms with van der Waals surface area (Å²) in [5.41, 5.74) is 0.483. The van der Waals surface area contributed by atoms with E-state index in [1.165, 1.54) is 19.1 Å². The number of rotatable bonds is 9. The highest BCUT2D eigenvalue weighted by atomic mass is 16.7. The van der Waals surface area contributed by atoms with Crippen molar-refractivity contribution in [2.45, 2.75) is 71.7 Å². The Bertz CT molecular complexity index is 908. The molecule has 11 heteroatoms. The molecule has 1 aliphatic heterocycles. The molecular weight excluding hydrogens is 452 g/mol. The van der Waals surface area contributed by atoms with Gasteiger partial charge in [0.05, 0.1) is 0 Å². The zero-order chi connectivity index (χ0) is 25.4. The van der Waals surface area contributed by atoms with Crippen LogP contribution in [0.25, 0.3) is 0 Å². The van der Waals surface area contributed by atoms with Crippen molar-refractivity contribution in [2.75, 3.05) is 6.61 Å². The van der Waals surface area contributed by atoms with Crippen LogP contribution in [0.5, 0.6) is 5.75 Å². The first-order chi connectivity index (χ1) is 16.0. The first kappa shape index (κ1) is 26.8. The minimum atomic E-state index is -1.34. The fourth-order valence-electron chi connectivity index (χ4n) is 3.34. The smallest absolute Gasteiger partial charge is 0.303 e. The second kappa shape index (κ2) is 12.1. The van der Waals surface area contributed by atoms with Gasteiger partial charge in [-0.2, -0.15) is 0 Å². The van der Waals surface area contributed by atoms with E-state index in [9.17, 15) is 24.0 Å². The molecule has 1 heterocycles. The molecule has 186 valence electrons. The molecule has 34 heavy (non-hydrogen) atoms. The first-order valence-electron chi connectivity index (χ1n) is 10.6. The van der Waals surface area contributed by atoms with Crippen LogP contribution in [-0.2, 0) is 42.9 Å². The van der Waals surface area contributed by atoms with Gasteiger partial charge in [-0.25, -0.2) is 0 Å². The second-order valence-electron chi connectivity index (χ2n) is 7.49. The van der Waals surface area contributed by atoms with E-state index in [4.69, 9.17) is 28.4 Å². The lowest BCUT2D eigenvalue weighted by molar-refractivity contribution is -0.288. The third-order valence-electron chi connectivity index (χ3n) is 4.70. The van der Waals surface area contributed by atoms with Crippen molar-refractivity contribution in [3.63, 3.8) is 0 Å². The van der Waals surface area contributed by atoms with E-state index in [1.54, 1.807) is 19.1 Å². The van der Waals surface area contributed by atoms with Gasteiger partial charge in [0, 0.05) is 39.7 Å². The molecule has 0 aromatic heterocycles. The predicted octanol–water partition coefficient (Wildman–Crippen LogP) is 1.74. The lowest BCUT2D eigenvalue weighted by Crippen LogP contribution is -2.63. The Hall–Kier alpha value is -3.47. The molecule has 0 saturated carbocycles. The van der Waals surface area contributed by atoms with Crippen molar-refractivity contribution in [1.82, 2.24) is 0 Å². The highest BCUT2D eigenvalue weighted by Gasteiger charge is 2.53. The third-order valence-corrected chi connectivity index (χ3v) is 4.70. The fraction of sp³-hybridized carbons (Fsp3) is 0.522. The van der Waals surface area contributed by atoms with Gasteiger partial charge in [0.25, 0.3) is 0 Å². The van der Waals surface area contributed by atoms with Gasteiger partial charge in [0.2, 0.25) is 12.4 Å². The van der Waals surface area contributed by atoms with Crippen LogP contribution in [-0.4, -0.2) is 67.0 Å². The average Bonchev–Trinajstić information content (AvgIpc) is 2.75. The van der Waals surface area contributed by atoms with E-state index in [-0.39, 0.29) is 18.1 Å². The van der Waals surface area contributed by atoms with Crippen molar-refractivity contribution in [2.24, 2.45) is 0 Å². The number of benzene rings is 1. The van der Waals surface area contributed by atoms with E-state index in [2.05, 4.69) is 0 Å². The van der Waals surface area contributed by atoms with Gasteiger partial charge >= 0.3 is 23.9 Å². The summed E-state index contributed by atoms with van der Waals surface area (Å²) >= 11 is 0. The molecule has 0 unspecified atom stereocenters. The van der Waals surface area contributed by atoms with Gasteiger partial charge < -0.3 is 28.4 Å². The molecular formula is C23H28O11. The number of carbonyl (C=O) groups excluding carboxylic acids is 5. The monoisotopic (exact) mass is 480 g/mol. The zero-order valence-corrected chi connectivity index (χ0v) is 19.6. The van der Waals surface area contributed by atoms with Crippen LogP contribution in [0.2, 0.25) is 0 Å². The lowest BCUT2D eigenvalue weighted by Gasteiger charge is -2.43. The van der Waals surface area contributed by atoms with Crippen LogP contribution in [0.1, 0.15) is 51.4 Å². The number of hydrogen-bond acceptors (Lipinski definition) is 11. The van der Waals surface area contributed by atoms with Crippen molar-refractivity contribution in [3.05, 3.63) is 29.8 Å². The highest BCUT2D eigenvalue weighted by molar-refractivity contribution is 5.95. The molecule has 0 radical (unpaired) electrons. The summed E-state index contributed by atoms with van der Waals surface area (Å²) in [4.78, 5) is 58.7. The summed E-state index contributed by atoms with van der Waals surface area (Å²) in [6.45, 7) is 5.97. The Balaban J connectivity index is 2.42. The topological polar surface area (TPSA) is 141 Å². The largest absolute Gasteiger partial charge is 0.463 e. The van der Waals surface area contributed by atoms with Crippen molar-refractivity contribution < 1.29 is 52.4 Å². The molecule has 5 atom stereocenters. The molecule has 1 aromatic carbocycles. The van der Waals surface area contributed by atoms with E-state index in [1.807, 2.05) is 0 Å². The molecule has 11 nitrogen and oxygen atoms in total. The molecule has 0 N–H and O–H groups in total. The van der Waals surface area contributed by atoms with E-state index in [0.29, 0.717) is 12.0 Å². The van der Waals surface area contributed by atoms with E-state index in [0.717, 1.165) is 20.8 Å². The van der Waals surface area contributed by atoms with Gasteiger partial charge in [-0.1, -0.05) is 6.92 Å². The number of hydrogen-bond donors (Lipinski definition) is 0. The molecule has 0 aliphatic carbocycles. The van der Waals surface area contributed by atoms with Crippen molar-refractivity contribution in [3.8, 4) is 5.75 Å². The van der Waals surface area contributed by atoms with Crippen LogP contribution in [0.3, 0.4) is 0 Å². The number of ether oxygens (including phenoxy) is 6. The Kier molecular flexibility index (Phi) is 9.55. The minimum Gasteiger partial charge on any atom is -0.463 e. The second-order valence-corrected chi connectivity index (χ2v) is 7.49. The van der Waals surface area contributed by atoms with Gasteiger partial charge in [-0.15, -0.1) is 0 Å². The summed E-state index contributed by atoms with van der Waals surface area (Å²) in [5.74, 6) is -2.62. The highest BCUT2D eigenvalue weighted by Crippen LogP contribution is 2.31. The number of carbonyl (C=O) groups is 5. The van der Waals surface area contributed by atoms with Gasteiger partial charge in [0.1, 0.15) is 18.5 Å². The van der Waals surface area contributed by atoms with Crippen molar-refractivity contribution >= 4 is 29.7 Å². The number of Topliss-reactive ketones (excluding diaryl/α,β-unsaturated/α-hetero) is 1. The Labute approximate surface area is 196 Å². The maximum atomic E-state index is 11.9. The molecule has 2 rings (SSSR count). The molecule has 0 amide bonds. The van der Waals surface area contributed by atoms with Gasteiger partial charge in [-0.05, 0) is 24.3 Å². The maximum Gasteiger partial charge on any atom is 0.303 e. The van der Waals surface area contributed by atoms with Crippen molar-refractivity contribution in [1.29, 1.82) is 0 Å². The van der Waals surface area contributed by atoms with E-state index >= 15 is 0 Å². The average molecular weight is 480 g/mol. The van der Waals surface area contributed by atoms with Crippen LogP contribution >= 0.6 is 0 Å². The zero-order valence-electron chi connectivity index (χ0n) is 19.6. The van der Waals surface area contributed by atoms with Gasteiger partial charge in [0.15, 0.2) is 18.0 Å². The number of esters is 4. The third kappa shape index (κ3) is 7.55. The van der Waals surface area contributed by atoms with Crippen LogP contribution < -0.4 is 4.74 Å². The molecule has 1 aliphatic rings. The van der Waals surface area contributed by atoms with Crippen LogP contribution in [0, 0.1) is 0 Å². The molecule has 1 aromatic rings. The van der Waals surface area contributed by atoms with E-state index < -0.39 is 54.6 Å². The summed E-state index contributed by atoms with van der Waals surface area (Å²) in [6.07, 6.45) is -6.06. The minimum absolute atomic E-state index is 0.0566. The molecule has 1 fully saturated rings. The van der Waals surface area contributed by atoms with Gasteiger partial charge in [-0.3, -0.25) is 24.0 Å². The lowest BCUT2D eigenvalue weighted by atomic mass is 9.98. The standard InChI is InChI=1S/C23H28O11/c1-6-18(28)16-7-9-17(10-8-16)33-23-22(32-15(5)27)21(31-14(4)26)20(30-13(3)25)19(34-23)11-29-12(2)24/h7-10,19-23H,6,11H2,1-5H3/t19-,20-,21+,22-,23-/m1/s1. The predicted molar refractivity (Wildman–Crippen MR) is 114 cm³/mol. The Morgan fingerprint density at radius 2 is 1.29 bits per heavy atom. The summed E-state index contributed by atoms with van der Waals surface area (Å²) in [7, 11) is 0.